The zero-order valence-corrected chi connectivity index (χ0v) is 10.9. The average Bonchev–Trinajstić information content (AvgIpc) is 2.59. The number of hydrogen-bond acceptors (Lipinski definition) is 3. The molecule has 0 aliphatic carbocycles. The lowest BCUT2D eigenvalue weighted by Gasteiger charge is -2.30. The second-order valence-corrected chi connectivity index (χ2v) is 5.80. The lowest BCUT2D eigenvalue weighted by atomic mass is 9.99. The largest absolute Gasteiger partial charge is 0.296 e. The first-order chi connectivity index (χ1) is 7.09. The highest BCUT2D eigenvalue weighted by Crippen LogP contribution is 2.30. The van der Waals surface area contributed by atoms with Crippen LogP contribution in [0.5, 0.6) is 0 Å². The number of hydrogen-bond donors (Lipinski definition) is 0. The number of rotatable bonds is 2. The summed E-state index contributed by atoms with van der Waals surface area (Å²) < 4.78 is 4.61. The normalized spacial score (nSPS) is 17.5. The van der Waals surface area contributed by atoms with E-state index in [0.717, 1.165) is 6.54 Å². The van der Waals surface area contributed by atoms with Gasteiger partial charge in [0.15, 0.2) is 0 Å². The minimum absolute atomic E-state index is 0.567. The summed E-state index contributed by atoms with van der Waals surface area (Å²) in [6, 6.07) is 0.651. The van der Waals surface area contributed by atoms with Gasteiger partial charge in [0.05, 0.1) is 5.69 Å². The van der Waals surface area contributed by atoms with E-state index in [-0.39, 0.29) is 0 Å². The molecular formula is C12H20N2S. The number of aromatic nitrogens is 1. The standard InChI is InChI=1S/C12H20N2S/c1-8(2)12-10-7-14(9(3)4)6-5-11(10)15-13-12/h8-9H,5-7H2,1-4H3. The summed E-state index contributed by atoms with van der Waals surface area (Å²) in [5, 5.41) is 0. The third-order valence-electron chi connectivity index (χ3n) is 3.16. The van der Waals surface area contributed by atoms with Gasteiger partial charge in [0.25, 0.3) is 0 Å². The molecule has 1 aromatic rings. The van der Waals surface area contributed by atoms with Crippen molar-refractivity contribution in [3.05, 3.63) is 16.1 Å². The van der Waals surface area contributed by atoms with E-state index in [0.29, 0.717) is 12.0 Å². The summed E-state index contributed by atoms with van der Waals surface area (Å²) in [6.07, 6.45) is 1.19. The number of nitrogens with zero attached hydrogens (tertiary/aromatic N) is 2. The Balaban J connectivity index is 2.26. The van der Waals surface area contributed by atoms with Gasteiger partial charge >= 0.3 is 0 Å². The van der Waals surface area contributed by atoms with Crippen LogP contribution < -0.4 is 0 Å². The molecule has 0 fully saturated rings. The van der Waals surface area contributed by atoms with Crippen molar-refractivity contribution < 1.29 is 0 Å². The molecule has 0 aromatic carbocycles. The highest BCUT2D eigenvalue weighted by molar-refractivity contribution is 7.06. The van der Waals surface area contributed by atoms with Gasteiger partial charge in [0, 0.05) is 29.6 Å². The van der Waals surface area contributed by atoms with E-state index in [4.69, 9.17) is 0 Å². The monoisotopic (exact) mass is 224 g/mol. The maximum Gasteiger partial charge on any atom is 0.0615 e. The second-order valence-electron chi connectivity index (χ2n) is 4.94. The first-order valence-electron chi connectivity index (χ1n) is 5.81. The molecule has 0 atom stereocenters. The first-order valence-corrected chi connectivity index (χ1v) is 6.58. The van der Waals surface area contributed by atoms with Crippen LogP contribution >= 0.6 is 11.5 Å². The number of fused-ring (bicyclic) bond motifs is 1. The Morgan fingerprint density at radius 1 is 1.27 bits per heavy atom. The van der Waals surface area contributed by atoms with E-state index in [1.165, 1.54) is 29.1 Å². The van der Waals surface area contributed by atoms with Crippen LogP contribution in [0.1, 0.15) is 49.7 Å². The van der Waals surface area contributed by atoms with E-state index in [1.54, 1.807) is 11.5 Å². The third-order valence-corrected chi connectivity index (χ3v) is 4.12. The molecule has 0 saturated heterocycles. The van der Waals surface area contributed by atoms with E-state index >= 15 is 0 Å². The highest BCUT2D eigenvalue weighted by atomic mass is 32.1. The van der Waals surface area contributed by atoms with Crippen molar-refractivity contribution in [2.45, 2.75) is 52.6 Å². The van der Waals surface area contributed by atoms with Crippen LogP contribution in [0.4, 0.5) is 0 Å². The van der Waals surface area contributed by atoms with E-state index in [1.807, 2.05) is 0 Å². The smallest absolute Gasteiger partial charge is 0.0615 e. The Morgan fingerprint density at radius 3 is 2.60 bits per heavy atom. The molecule has 2 nitrogen and oxygen atoms in total. The van der Waals surface area contributed by atoms with Crippen molar-refractivity contribution in [2.75, 3.05) is 6.54 Å². The van der Waals surface area contributed by atoms with Crippen molar-refractivity contribution in [1.82, 2.24) is 9.27 Å². The average molecular weight is 224 g/mol. The maximum atomic E-state index is 4.61. The first kappa shape index (κ1) is 11.1. The molecule has 15 heavy (non-hydrogen) atoms. The van der Waals surface area contributed by atoms with Gasteiger partial charge in [-0.25, -0.2) is 0 Å². The minimum atomic E-state index is 0.567. The minimum Gasteiger partial charge on any atom is -0.296 e. The third kappa shape index (κ3) is 2.08. The van der Waals surface area contributed by atoms with Crippen LogP contribution in [0.2, 0.25) is 0 Å². The molecule has 0 bridgehead atoms. The van der Waals surface area contributed by atoms with Crippen molar-refractivity contribution in [2.24, 2.45) is 0 Å². The molecular weight excluding hydrogens is 204 g/mol. The molecule has 1 aliphatic rings. The Kier molecular flexibility index (Phi) is 3.12. The topological polar surface area (TPSA) is 16.1 Å². The van der Waals surface area contributed by atoms with E-state index in [2.05, 4.69) is 37.0 Å². The molecule has 0 saturated carbocycles. The van der Waals surface area contributed by atoms with Crippen LogP contribution in [0.15, 0.2) is 0 Å². The molecule has 0 amide bonds. The fourth-order valence-electron chi connectivity index (χ4n) is 2.14. The van der Waals surface area contributed by atoms with E-state index < -0.39 is 0 Å². The summed E-state index contributed by atoms with van der Waals surface area (Å²) in [5.74, 6) is 0.567. The lowest BCUT2D eigenvalue weighted by molar-refractivity contribution is 0.204. The van der Waals surface area contributed by atoms with Crippen molar-refractivity contribution >= 4 is 11.5 Å². The highest BCUT2D eigenvalue weighted by Gasteiger charge is 2.24. The van der Waals surface area contributed by atoms with Crippen LogP contribution in [-0.2, 0) is 13.0 Å². The Hall–Kier alpha value is -0.410. The van der Waals surface area contributed by atoms with Gasteiger partial charge in [-0.15, -0.1) is 0 Å². The van der Waals surface area contributed by atoms with Crippen LogP contribution in [-0.4, -0.2) is 21.9 Å². The van der Waals surface area contributed by atoms with Gasteiger partial charge in [-0.05, 0) is 37.7 Å². The zero-order valence-electron chi connectivity index (χ0n) is 10.1. The second kappa shape index (κ2) is 4.22. The van der Waals surface area contributed by atoms with Gasteiger partial charge in [0.2, 0.25) is 0 Å². The van der Waals surface area contributed by atoms with Crippen molar-refractivity contribution in [3.63, 3.8) is 0 Å². The van der Waals surface area contributed by atoms with Gasteiger partial charge in [-0.3, -0.25) is 4.90 Å². The molecule has 2 rings (SSSR count). The van der Waals surface area contributed by atoms with Crippen molar-refractivity contribution in [3.8, 4) is 0 Å². The fraction of sp³-hybridized carbons (Fsp3) is 0.750. The van der Waals surface area contributed by atoms with Gasteiger partial charge in [-0.2, -0.15) is 4.37 Å². The lowest BCUT2D eigenvalue weighted by Crippen LogP contribution is -2.35. The van der Waals surface area contributed by atoms with Crippen LogP contribution in [0.3, 0.4) is 0 Å². The molecule has 0 spiro atoms. The fourth-order valence-corrected chi connectivity index (χ4v) is 3.14. The van der Waals surface area contributed by atoms with Crippen LogP contribution in [0.25, 0.3) is 0 Å². The summed E-state index contributed by atoms with van der Waals surface area (Å²) in [7, 11) is 0. The van der Waals surface area contributed by atoms with Gasteiger partial charge < -0.3 is 0 Å². The zero-order chi connectivity index (χ0) is 11.0. The molecule has 1 aromatic heterocycles. The van der Waals surface area contributed by atoms with Crippen LogP contribution in [0, 0.1) is 0 Å². The Morgan fingerprint density at radius 2 is 2.00 bits per heavy atom. The Bertz CT molecular complexity index is 341. The summed E-state index contributed by atoms with van der Waals surface area (Å²) in [4.78, 5) is 4.07. The van der Waals surface area contributed by atoms with Gasteiger partial charge in [0.1, 0.15) is 0 Å². The molecule has 84 valence electrons. The Labute approximate surface area is 96.5 Å². The molecule has 0 N–H and O–H groups in total. The maximum absolute atomic E-state index is 4.61. The molecule has 1 aliphatic heterocycles. The van der Waals surface area contributed by atoms with Gasteiger partial charge in [-0.1, -0.05) is 13.8 Å². The predicted octanol–water partition coefficient (Wildman–Crippen LogP) is 3.03. The van der Waals surface area contributed by atoms with E-state index in [9.17, 15) is 0 Å². The quantitative estimate of drug-likeness (QED) is 0.767. The summed E-state index contributed by atoms with van der Waals surface area (Å²) in [6.45, 7) is 11.3. The summed E-state index contributed by atoms with van der Waals surface area (Å²) in [5.41, 5.74) is 2.86. The molecule has 2 heterocycles. The molecule has 3 heteroatoms. The molecule has 0 radical (unpaired) electrons. The van der Waals surface area contributed by atoms with Crippen molar-refractivity contribution in [1.29, 1.82) is 0 Å². The molecule has 0 unspecified atom stereocenters. The predicted molar refractivity (Wildman–Crippen MR) is 65.5 cm³/mol. The summed E-state index contributed by atoms with van der Waals surface area (Å²) >= 11 is 1.72. The SMILES string of the molecule is CC(C)c1nsc2c1CN(C(C)C)CC2.